The molecule has 0 atom stereocenters. The molecule has 2 heterocycles. The minimum absolute atomic E-state index is 0.0481. The third-order valence-electron chi connectivity index (χ3n) is 7.63. The molecule has 2 aromatic heterocycles. The fourth-order valence-electron chi connectivity index (χ4n) is 4.97. The van der Waals surface area contributed by atoms with Gasteiger partial charge in [0, 0.05) is 31.6 Å². The number of unbranched alkanes of at least 4 members (excludes halogenated alkanes) is 1. The van der Waals surface area contributed by atoms with Crippen molar-refractivity contribution in [2.45, 2.75) is 85.6 Å². The third kappa shape index (κ3) is 6.12. The summed E-state index contributed by atoms with van der Waals surface area (Å²) in [6.07, 6.45) is 5.06. The van der Waals surface area contributed by atoms with E-state index in [4.69, 9.17) is 20.4 Å². The lowest BCUT2D eigenvalue weighted by molar-refractivity contribution is 0.109. The van der Waals surface area contributed by atoms with Crippen molar-refractivity contribution in [3.63, 3.8) is 0 Å². The number of aromatic hydroxyl groups is 1. The Labute approximate surface area is 227 Å². The number of aryl methyl sites for hydroxylation is 2. The Kier molecular flexibility index (Phi) is 8.61. The Hall–Kier alpha value is -3.12. The smallest absolute Gasteiger partial charge is 0.152 e. The predicted molar refractivity (Wildman–Crippen MR) is 158 cm³/mol. The minimum Gasteiger partial charge on any atom is -0.508 e. The van der Waals surface area contributed by atoms with E-state index >= 15 is 0 Å². The summed E-state index contributed by atoms with van der Waals surface area (Å²) in [5.41, 5.74) is 12.4. The monoisotopic (exact) mass is 516 g/mol. The lowest BCUT2D eigenvalue weighted by Gasteiger charge is -2.26. The maximum Gasteiger partial charge on any atom is 0.152 e. The van der Waals surface area contributed by atoms with E-state index in [1.54, 1.807) is 6.07 Å². The first-order chi connectivity index (χ1) is 18.1. The van der Waals surface area contributed by atoms with Crippen molar-refractivity contribution < 1.29 is 9.84 Å². The number of nitrogen functional groups attached to an aromatic ring is 1. The van der Waals surface area contributed by atoms with Crippen LogP contribution in [-0.2, 0) is 23.1 Å². The van der Waals surface area contributed by atoms with Crippen LogP contribution in [0.1, 0.15) is 82.8 Å². The van der Waals surface area contributed by atoms with Gasteiger partial charge in [-0.2, -0.15) is 0 Å². The van der Waals surface area contributed by atoms with Gasteiger partial charge in [0.15, 0.2) is 5.82 Å². The fraction of sp³-hybridized carbons (Fsp3) is 0.500. The highest BCUT2D eigenvalue weighted by Gasteiger charge is 2.23. The highest BCUT2D eigenvalue weighted by molar-refractivity contribution is 6.06. The van der Waals surface area contributed by atoms with Gasteiger partial charge in [0.25, 0.3) is 0 Å². The van der Waals surface area contributed by atoms with Crippen LogP contribution in [0.15, 0.2) is 36.4 Å². The van der Waals surface area contributed by atoms with Crippen molar-refractivity contribution in [1.29, 1.82) is 0 Å². The second kappa shape index (κ2) is 11.7. The van der Waals surface area contributed by atoms with Gasteiger partial charge in [-0.1, -0.05) is 65.3 Å². The van der Waals surface area contributed by atoms with Gasteiger partial charge in [0.2, 0.25) is 0 Å². The Morgan fingerprint density at radius 2 is 1.87 bits per heavy atom. The molecule has 6 heteroatoms. The van der Waals surface area contributed by atoms with Crippen LogP contribution in [0, 0.1) is 12.8 Å². The van der Waals surface area contributed by atoms with Crippen LogP contribution in [0.25, 0.3) is 21.9 Å². The molecule has 0 radical (unpaired) electrons. The highest BCUT2D eigenvalue weighted by atomic mass is 16.5. The molecular formula is C32H44N4O2. The molecule has 0 unspecified atom stereocenters. The predicted octanol–water partition coefficient (Wildman–Crippen LogP) is 7.30. The number of hydrogen-bond acceptors (Lipinski definition) is 5. The van der Waals surface area contributed by atoms with Crippen LogP contribution >= 0.6 is 0 Å². The number of phenols is 1. The lowest BCUT2D eigenvalue weighted by Crippen LogP contribution is -2.20. The van der Waals surface area contributed by atoms with Gasteiger partial charge in [-0.3, -0.25) is 0 Å². The topological polar surface area (TPSA) is 86.2 Å². The average molecular weight is 517 g/mol. The first-order valence-electron chi connectivity index (χ1n) is 14.1. The van der Waals surface area contributed by atoms with Gasteiger partial charge in [-0.05, 0) is 66.3 Å². The third-order valence-corrected chi connectivity index (χ3v) is 7.63. The summed E-state index contributed by atoms with van der Waals surface area (Å²) in [5.74, 6) is 2.47. The molecular weight excluding hydrogens is 472 g/mol. The number of hydrogen-bond donors (Lipinski definition) is 2. The molecule has 38 heavy (non-hydrogen) atoms. The van der Waals surface area contributed by atoms with E-state index in [0.29, 0.717) is 24.0 Å². The zero-order valence-electron chi connectivity index (χ0n) is 24.0. The second-order valence-corrected chi connectivity index (χ2v) is 11.7. The largest absolute Gasteiger partial charge is 0.508 e. The van der Waals surface area contributed by atoms with Crippen LogP contribution in [0.4, 0.5) is 5.82 Å². The van der Waals surface area contributed by atoms with Crippen LogP contribution in [0.3, 0.4) is 0 Å². The van der Waals surface area contributed by atoms with Crippen molar-refractivity contribution in [2.75, 3.05) is 18.9 Å². The van der Waals surface area contributed by atoms with Crippen molar-refractivity contribution in [3.05, 3.63) is 58.9 Å². The van der Waals surface area contributed by atoms with Crippen molar-refractivity contribution in [1.82, 2.24) is 14.5 Å². The summed E-state index contributed by atoms with van der Waals surface area (Å²) >= 11 is 0. The zero-order chi connectivity index (χ0) is 27.4. The van der Waals surface area contributed by atoms with Gasteiger partial charge in [0.05, 0.1) is 11.0 Å². The number of anilines is 1. The molecule has 0 aliphatic rings. The molecule has 3 N–H and O–H groups in total. The molecule has 0 spiro atoms. The zero-order valence-corrected chi connectivity index (χ0v) is 24.0. The van der Waals surface area contributed by atoms with E-state index in [2.05, 4.69) is 57.4 Å². The molecule has 0 bridgehead atoms. The van der Waals surface area contributed by atoms with Gasteiger partial charge in [0.1, 0.15) is 17.1 Å². The molecule has 0 aliphatic carbocycles. The minimum atomic E-state index is -0.0481. The SMILES string of the molecule is CCCCc1nc2c(N)nc3cc(C(C)(C)CCOCCC(C)C)ccc3c2n1Cc1ccc(O)c(C)c1. The summed E-state index contributed by atoms with van der Waals surface area (Å²) in [4.78, 5) is 9.80. The van der Waals surface area contributed by atoms with E-state index in [1.165, 1.54) is 5.56 Å². The summed E-state index contributed by atoms with van der Waals surface area (Å²) in [6, 6.07) is 12.4. The van der Waals surface area contributed by atoms with E-state index < -0.39 is 0 Å². The Morgan fingerprint density at radius 3 is 2.58 bits per heavy atom. The number of fused-ring (bicyclic) bond motifs is 3. The quantitative estimate of drug-likeness (QED) is 0.193. The molecule has 4 aromatic rings. The molecule has 0 aliphatic heterocycles. The van der Waals surface area contributed by atoms with Gasteiger partial charge < -0.3 is 20.1 Å². The number of aromatic nitrogens is 3. The van der Waals surface area contributed by atoms with Crippen LogP contribution in [0.5, 0.6) is 5.75 Å². The summed E-state index contributed by atoms with van der Waals surface area (Å²) in [6.45, 7) is 15.3. The average Bonchev–Trinajstić information content (AvgIpc) is 3.23. The molecule has 0 amide bonds. The molecule has 4 rings (SSSR count). The normalized spacial score (nSPS) is 12.3. The Bertz CT molecular complexity index is 1400. The molecule has 6 nitrogen and oxygen atoms in total. The van der Waals surface area contributed by atoms with E-state index in [1.807, 2.05) is 19.1 Å². The van der Waals surface area contributed by atoms with Gasteiger partial charge in [-0.15, -0.1) is 0 Å². The van der Waals surface area contributed by atoms with Crippen LogP contribution in [-0.4, -0.2) is 32.9 Å². The number of ether oxygens (including phenoxy) is 1. The van der Waals surface area contributed by atoms with E-state index in [0.717, 1.165) is 84.2 Å². The Morgan fingerprint density at radius 1 is 1.08 bits per heavy atom. The maximum atomic E-state index is 10.0. The second-order valence-electron chi connectivity index (χ2n) is 11.7. The number of benzene rings is 2. The fourth-order valence-corrected chi connectivity index (χ4v) is 4.97. The number of nitrogens with zero attached hydrogens (tertiary/aromatic N) is 3. The van der Waals surface area contributed by atoms with Crippen molar-refractivity contribution in [3.8, 4) is 5.75 Å². The maximum absolute atomic E-state index is 10.0. The van der Waals surface area contributed by atoms with E-state index in [9.17, 15) is 5.11 Å². The number of nitrogens with two attached hydrogens (primary N) is 1. The van der Waals surface area contributed by atoms with Gasteiger partial charge in [-0.25, -0.2) is 9.97 Å². The first-order valence-corrected chi connectivity index (χ1v) is 14.1. The summed E-state index contributed by atoms with van der Waals surface area (Å²) in [5, 5.41) is 11.1. The standard InChI is InChI=1S/C32H44N4O2/c1-7-8-9-28-35-29-30(36(28)20-23-10-13-27(37)22(4)18-23)25-12-11-24(19-26(25)34-31(29)33)32(5,6)15-17-38-16-14-21(2)3/h10-13,18-19,21,37H,7-9,14-17,20H2,1-6H3,(H2,33,34). The molecule has 0 fully saturated rings. The first kappa shape index (κ1) is 27.9. The molecule has 0 saturated heterocycles. The van der Waals surface area contributed by atoms with E-state index in [-0.39, 0.29) is 5.41 Å². The van der Waals surface area contributed by atoms with Crippen LogP contribution < -0.4 is 5.73 Å². The lowest BCUT2D eigenvalue weighted by atomic mass is 9.81. The van der Waals surface area contributed by atoms with Crippen molar-refractivity contribution >= 4 is 27.8 Å². The summed E-state index contributed by atoms with van der Waals surface area (Å²) < 4.78 is 8.22. The Balaban J connectivity index is 1.73. The molecule has 0 saturated carbocycles. The van der Waals surface area contributed by atoms with Crippen molar-refractivity contribution in [2.24, 2.45) is 5.92 Å². The highest BCUT2D eigenvalue weighted by Crippen LogP contribution is 2.34. The number of imidazole rings is 1. The number of rotatable bonds is 12. The summed E-state index contributed by atoms with van der Waals surface area (Å²) in [7, 11) is 0. The molecule has 204 valence electrons. The molecule has 2 aromatic carbocycles. The number of phenolic OH excluding ortho intramolecular Hbond substituents is 1. The van der Waals surface area contributed by atoms with Gasteiger partial charge >= 0.3 is 0 Å². The van der Waals surface area contributed by atoms with Crippen LogP contribution in [0.2, 0.25) is 0 Å². The number of pyridine rings is 1.